The molecule has 0 saturated heterocycles. The van der Waals surface area contributed by atoms with Crippen molar-refractivity contribution in [3.8, 4) is 0 Å². The van der Waals surface area contributed by atoms with Crippen molar-refractivity contribution in [1.82, 2.24) is 0 Å². The van der Waals surface area contributed by atoms with Crippen molar-refractivity contribution in [3.05, 3.63) is 89.5 Å². The van der Waals surface area contributed by atoms with Crippen molar-refractivity contribution in [2.24, 2.45) is 0 Å². The maximum absolute atomic E-state index is 13.6. The minimum absolute atomic E-state index is 0.146. The first-order valence-corrected chi connectivity index (χ1v) is 12.0. The molecule has 158 valence electrons. The maximum atomic E-state index is 13.6. The minimum Gasteiger partial charge on any atom is -0.308 e. The Labute approximate surface area is 183 Å². The van der Waals surface area contributed by atoms with Crippen LogP contribution >= 0.6 is 0 Å². The Balaban J connectivity index is 1.51. The third kappa shape index (κ3) is 3.31. The molecule has 0 bridgehead atoms. The van der Waals surface area contributed by atoms with Gasteiger partial charge in [0.15, 0.2) is 0 Å². The Hall–Kier alpha value is -3.12. The van der Waals surface area contributed by atoms with Crippen LogP contribution in [-0.4, -0.2) is 26.9 Å². The van der Waals surface area contributed by atoms with Gasteiger partial charge in [0.1, 0.15) is 0 Å². The van der Waals surface area contributed by atoms with E-state index in [1.807, 2.05) is 55.5 Å². The van der Waals surface area contributed by atoms with Gasteiger partial charge in [-0.05, 0) is 67.6 Å². The van der Waals surface area contributed by atoms with Crippen LogP contribution in [0.4, 0.5) is 11.4 Å². The van der Waals surface area contributed by atoms with Gasteiger partial charge in [-0.25, -0.2) is 8.42 Å². The molecule has 5 rings (SSSR count). The lowest BCUT2D eigenvalue weighted by atomic mass is 10.0. The molecule has 0 aliphatic carbocycles. The largest absolute Gasteiger partial charge is 0.308 e. The van der Waals surface area contributed by atoms with Crippen molar-refractivity contribution in [2.45, 2.75) is 37.1 Å². The smallest absolute Gasteiger partial charge is 0.264 e. The molecule has 0 saturated carbocycles. The fourth-order valence-corrected chi connectivity index (χ4v) is 6.45. The standard InChI is InChI=1S/C25H24N2O3S/c1-18-16-20-9-3-5-14-24(20)27(18)31(29,30)22-12-6-10-21(17-22)25(28)26-15-7-11-19-8-2-4-13-23(19)26/h2-6,8-10,12-14,17-18H,7,11,15-16H2,1H3. The van der Waals surface area contributed by atoms with Crippen LogP contribution in [-0.2, 0) is 22.9 Å². The third-order valence-corrected chi connectivity index (χ3v) is 8.06. The molecule has 2 heterocycles. The van der Waals surface area contributed by atoms with Gasteiger partial charge in [0, 0.05) is 23.8 Å². The van der Waals surface area contributed by atoms with E-state index in [1.54, 1.807) is 23.1 Å². The summed E-state index contributed by atoms with van der Waals surface area (Å²) in [5.74, 6) is -0.168. The summed E-state index contributed by atoms with van der Waals surface area (Å²) in [7, 11) is -3.79. The topological polar surface area (TPSA) is 57.7 Å². The summed E-state index contributed by atoms with van der Waals surface area (Å²) in [5.41, 5.74) is 4.19. The van der Waals surface area contributed by atoms with E-state index in [1.165, 1.54) is 10.4 Å². The van der Waals surface area contributed by atoms with Crippen molar-refractivity contribution < 1.29 is 13.2 Å². The number of anilines is 2. The van der Waals surface area contributed by atoms with Gasteiger partial charge < -0.3 is 4.90 Å². The van der Waals surface area contributed by atoms with Crippen LogP contribution in [0.2, 0.25) is 0 Å². The number of hydrogen-bond acceptors (Lipinski definition) is 3. The molecule has 0 N–H and O–H groups in total. The van der Waals surface area contributed by atoms with Crippen LogP contribution < -0.4 is 9.21 Å². The zero-order valence-corrected chi connectivity index (χ0v) is 18.2. The van der Waals surface area contributed by atoms with Crippen molar-refractivity contribution in [2.75, 3.05) is 15.7 Å². The monoisotopic (exact) mass is 432 g/mol. The number of carbonyl (C=O) groups is 1. The fourth-order valence-electron chi connectivity index (χ4n) is 4.71. The van der Waals surface area contributed by atoms with Gasteiger partial charge >= 0.3 is 0 Å². The number of carbonyl (C=O) groups excluding carboxylic acids is 1. The second kappa shape index (κ2) is 7.54. The molecular weight excluding hydrogens is 408 g/mol. The molecule has 1 unspecified atom stereocenters. The Morgan fingerprint density at radius 3 is 2.42 bits per heavy atom. The number of aryl methyl sites for hydroxylation is 1. The predicted molar refractivity (Wildman–Crippen MR) is 122 cm³/mol. The Kier molecular flexibility index (Phi) is 4.82. The molecule has 2 aliphatic rings. The lowest BCUT2D eigenvalue weighted by molar-refractivity contribution is 0.0985. The van der Waals surface area contributed by atoms with E-state index in [0.717, 1.165) is 35.3 Å². The molecule has 2 aliphatic heterocycles. The van der Waals surface area contributed by atoms with Gasteiger partial charge in [0.25, 0.3) is 15.9 Å². The lowest BCUT2D eigenvalue weighted by Crippen LogP contribution is -2.37. The number of rotatable bonds is 3. The molecule has 6 heteroatoms. The normalized spacial score (nSPS) is 17.9. The summed E-state index contributed by atoms with van der Waals surface area (Å²) < 4.78 is 28.6. The van der Waals surface area contributed by atoms with Crippen LogP contribution in [0.5, 0.6) is 0 Å². The average Bonchev–Trinajstić information content (AvgIpc) is 3.14. The summed E-state index contributed by atoms with van der Waals surface area (Å²) in [6.07, 6.45) is 2.52. The Morgan fingerprint density at radius 2 is 1.61 bits per heavy atom. The number of hydrogen-bond donors (Lipinski definition) is 0. The molecule has 3 aromatic carbocycles. The summed E-state index contributed by atoms with van der Waals surface area (Å²) in [5, 5.41) is 0. The molecule has 0 fully saturated rings. The molecule has 1 amide bonds. The zero-order chi connectivity index (χ0) is 21.6. The fraction of sp³-hybridized carbons (Fsp3) is 0.240. The second-order valence-electron chi connectivity index (χ2n) is 8.20. The molecule has 0 radical (unpaired) electrons. The first kappa shape index (κ1) is 19.8. The summed E-state index contributed by atoms with van der Waals surface area (Å²) in [6.45, 7) is 2.54. The van der Waals surface area contributed by atoms with Crippen LogP contribution in [0.3, 0.4) is 0 Å². The van der Waals surface area contributed by atoms with Gasteiger partial charge in [-0.2, -0.15) is 0 Å². The lowest BCUT2D eigenvalue weighted by Gasteiger charge is -2.30. The van der Waals surface area contributed by atoms with E-state index < -0.39 is 10.0 Å². The van der Waals surface area contributed by atoms with Gasteiger partial charge in [-0.1, -0.05) is 42.5 Å². The van der Waals surface area contributed by atoms with Crippen LogP contribution in [0.15, 0.2) is 77.7 Å². The van der Waals surface area contributed by atoms with E-state index in [-0.39, 0.29) is 16.8 Å². The van der Waals surface area contributed by atoms with Crippen LogP contribution in [0.25, 0.3) is 0 Å². The molecule has 1 atom stereocenters. The molecule has 5 nitrogen and oxygen atoms in total. The molecule has 0 aromatic heterocycles. The summed E-state index contributed by atoms with van der Waals surface area (Å²) in [6, 6.07) is 21.8. The van der Waals surface area contributed by atoms with Crippen molar-refractivity contribution >= 4 is 27.3 Å². The highest BCUT2D eigenvalue weighted by molar-refractivity contribution is 7.92. The molecular formula is C25H24N2O3S. The van der Waals surface area contributed by atoms with Crippen molar-refractivity contribution in [1.29, 1.82) is 0 Å². The SMILES string of the molecule is CC1Cc2ccccc2N1S(=O)(=O)c1cccc(C(=O)N2CCCc3ccccc32)c1. The first-order chi connectivity index (χ1) is 15.0. The van der Waals surface area contributed by atoms with Gasteiger partial charge in [0.2, 0.25) is 0 Å². The van der Waals surface area contributed by atoms with E-state index in [0.29, 0.717) is 18.5 Å². The summed E-state index contributed by atoms with van der Waals surface area (Å²) in [4.78, 5) is 15.3. The maximum Gasteiger partial charge on any atom is 0.264 e. The van der Waals surface area contributed by atoms with Gasteiger partial charge in [-0.3, -0.25) is 9.10 Å². The predicted octanol–water partition coefficient (Wildman–Crippen LogP) is 4.42. The van der Waals surface area contributed by atoms with E-state index in [2.05, 4.69) is 0 Å². The number of fused-ring (bicyclic) bond motifs is 2. The quantitative estimate of drug-likeness (QED) is 0.616. The molecule has 0 spiro atoms. The van der Waals surface area contributed by atoms with E-state index in [4.69, 9.17) is 0 Å². The van der Waals surface area contributed by atoms with Crippen LogP contribution in [0.1, 0.15) is 34.8 Å². The van der Waals surface area contributed by atoms with E-state index >= 15 is 0 Å². The van der Waals surface area contributed by atoms with E-state index in [9.17, 15) is 13.2 Å². The Bertz CT molecular complexity index is 1270. The number of sulfonamides is 1. The van der Waals surface area contributed by atoms with Crippen molar-refractivity contribution in [3.63, 3.8) is 0 Å². The number of nitrogens with zero attached hydrogens (tertiary/aromatic N) is 2. The molecule has 3 aromatic rings. The third-order valence-electron chi connectivity index (χ3n) is 6.14. The Morgan fingerprint density at radius 1 is 0.903 bits per heavy atom. The highest BCUT2D eigenvalue weighted by Gasteiger charge is 2.36. The van der Waals surface area contributed by atoms with Gasteiger partial charge in [-0.15, -0.1) is 0 Å². The van der Waals surface area contributed by atoms with Gasteiger partial charge in [0.05, 0.1) is 10.6 Å². The average molecular weight is 433 g/mol. The highest BCUT2D eigenvalue weighted by Crippen LogP contribution is 2.37. The highest BCUT2D eigenvalue weighted by atomic mass is 32.2. The second-order valence-corrected chi connectivity index (χ2v) is 10.0. The minimum atomic E-state index is -3.79. The molecule has 31 heavy (non-hydrogen) atoms. The zero-order valence-electron chi connectivity index (χ0n) is 17.4. The van der Waals surface area contributed by atoms with Crippen LogP contribution in [0, 0.1) is 0 Å². The number of benzene rings is 3. The summed E-state index contributed by atoms with van der Waals surface area (Å²) >= 11 is 0. The first-order valence-electron chi connectivity index (χ1n) is 10.6. The number of para-hydroxylation sites is 2. The number of amides is 1.